The summed E-state index contributed by atoms with van der Waals surface area (Å²) < 4.78 is 4.90. The third-order valence-corrected chi connectivity index (χ3v) is 3.84. The van der Waals surface area contributed by atoms with E-state index in [1.54, 1.807) is 0 Å². The summed E-state index contributed by atoms with van der Waals surface area (Å²) in [5.74, 6) is 0.105. The number of esters is 1. The van der Waals surface area contributed by atoms with Gasteiger partial charge in [0.2, 0.25) is 0 Å². The van der Waals surface area contributed by atoms with Gasteiger partial charge in [0, 0.05) is 0 Å². The van der Waals surface area contributed by atoms with E-state index >= 15 is 0 Å². The van der Waals surface area contributed by atoms with Gasteiger partial charge in [-0.05, 0) is 25.2 Å². The third-order valence-electron chi connectivity index (χ3n) is 3.84. The van der Waals surface area contributed by atoms with Crippen LogP contribution in [0.15, 0.2) is 0 Å². The molecule has 0 bridgehead atoms. The lowest BCUT2D eigenvalue weighted by Crippen LogP contribution is -2.55. The van der Waals surface area contributed by atoms with E-state index in [1.807, 2.05) is 0 Å². The van der Waals surface area contributed by atoms with E-state index in [2.05, 4.69) is 6.92 Å². The van der Waals surface area contributed by atoms with Gasteiger partial charge in [-0.25, -0.2) is 0 Å². The molecular formula is C13H25NO2. The third kappa shape index (κ3) is 2.97. The van der Waals surface area contributed by atoms with Crippen LogP contribution in [0.5, 0.6) is 0 Å². The van der Waals surface area contributed by atoms with Crippen molar-refractivity contribution in [3.63, 3.8) is 0 Å². The Kier molecular flexibility index (Phi) is 5.26. The molecule has 16 heavy (non-hydrogen) atoms. The van der Waals surface area contributed by atoms with E-state index in [9.17, 15) is 4.79 Å². The predicted octanol–water partition coefficient (Wildman–Crippen LogP) is 2.63. The number of hydrogen-bond acceptors (Lipinski definition) is 3. The molecule has 2 N–H and O–H groups in total. The van der Waals surface area contributed by atoms with Gasteiger partial charge >= 0.3 is 5.97 Å². The van der Waals surface area contributed by atoms with E-state index in [-0.39, 0.29) is 5.97 Å². The van der Waals surface area contributed by atoms with Crippen LogP contribution in [0.3, 0.4) is 0 Å². The Morgan fingerprint density at radius 2 is 2.00 bits per heavy atom. The summed E-state index contributed by atoms with van der Waals surface area (Å²) in [4.78, 5) is 11.9. The SMILES string of the molecule is CCCCC(N)(C(=O)OC)C1CCCCC1. The molecule has 0 saturated heterocycles. The number of unbranched alkanes of at least 4 members (excludes halogenated alkanes) is 1. The van der Waals surface area contributed by atoms with E-state index < -0.39 is 5.54 Å². The number of hydrogen-bond donors (Lipinski definition) is 1. The number of rotatable bonds is 5. The van der Waals surface area contributed by atoms with Crippen LogP contribution in [-0.4, -0.2) is 18.6 Å². The van der Waals surface area contributed by atoms with Crippen LogP contribution in [0, 0.1) is 5.92 Å². The lowest BCUT2D eigenvalue weighted by Gasteiger charge is -2.37. The number of carbonyl (C=O) groups excluding carboxylic acids is 1. The molecule has 0 spiro atoms. The van der Waals surface area contributed by atoms with Crippen molar-refractivity contribution in [3.8, 4) is 0 Å². The van der Waals surface area contributed by atoms with Gasteiger partial charge in [-0.1, -0.05) is 39.0 Å². The number of carbonyl (C=O) groups is 1. The number of ether oxygens (including phenoxy) is 1. The predicted molar refractivity (Wildman–Crippen MR) is 65.0 cm³/mol. The maximum absolute atomic E-state index is 11.9. The second kappa shape index (κ2) is 6.24. The lowest BCUT2D eigenvalue weighted by atomic mass is 9.73. The molecular weight excluding hydrogens is 202 g/mol. The van der Waals surface area contributed by atoms with Crippen molar-refractivity contribution in [2.75, 3.05) is 7.11 Å². The quantitative estimate of drug-likeness (QED) is 0.735. The highest BCUT2D eigenvalue weighted by atomic mass is 16.5. The van der Waals surface area contributed by atoms with Gasteiger partial charge in [0.25, 0.3) is 0 Å². The van der Waals surface area contributed by atoms with Gasteiger partial charge in [0.05, 0.1) is 7.11 Å². The summed E-state index contributed by atoms with van der Waals surface area (Å²) in [5.41, 5.74) is 5.61. The standard InChI is InChI=1S/C13H25NO2/c1-3-4-10-13(14,12(15)16-2)11-8-6-5-7-9-11/h11H,3-10,14H2,1-2H3. The van der Waals surface area contributed by atoms with Crippen molar-refractivity contribution in [1.82, 2.24) is 0 Å². The average molecular weight is 227 g/mol. The Morgan fingerprint density at radius 1 is 1.38 bits per heavy atom. The monoisotopic (exact) mass is 227 g/mol. The van der Waals surface area contributed by atoms with Crippen LogP contribution in [-0.2, 0) is 9.53 Å². The number of methoxy groups -OCH3 is 1. The fourth-order valence-electron chi connectivity index (χ4n) is 2.75. The maximum Gasteiger partial charge on any atom is 0.326 e. The Hall–Kier alpha value is -0.570. The van der Waals surface area contributed by atoms with E-state index in [1.165, 1.54) is 26.4 Å². The summed E-state index contributed by atoms with van der Waals surface area (Å²) in [6, 6.07) is 0. The first-order valence-electron chi connectivity index (χ1n) is 6.52. The molecule has 1 unspecified atom stereocenters. The molecule has 0 aliphatic heterocycles. The van der Waals surface area contributed by atoms with Crippen molar-refractivity contribution >= 4 is 5.97 Å². The molecule has 94 valence electrons. The van der Waals surface area contributed by atoms with Crippen molar-refractivity contribution in [2.24, 2.45) is 11.7 Å². The number of nitrogens with two attached hydrogens (primary N) is 1. The molecule has 0 heterocycles. The molecule has 1 fully saturated rings. The first-order valence-corrected chi connectivity index (χ1v) is 6.52. The molecule has 3 heteroatoms. The minimum atomic E-state index is -0.731. The van der Waals surface area contributed by atoms with Crippen molar-refractivity contribution in [1.29, 1.82) is 0 Å². The highest BCUT2D eigenvalue weighted by Gasteiger charge is 2.42. The first kappa shape index (κ1) is 13.5. The molecule has 1 aliphatic carbocycles. The first-order chi connectivity index (χ1) is 7.65. The minimum Gasteiger partial charge on any atom is -0.468 e. The van der Waals surface area contributed by atoms with E-state index in [0.29, 0.717) is 5.92 Å². The van der Waals surface area contributed by atoms with Crippen LogP contribution in [0.1, 0.15) is 58.3 Å². The van der Waals surface area contributed by atoms with Gasteiger partial charge in [0.1, 0.15) is 5.54 Å². The van der Waals surface area contributed by atoms with Gasteiger partial charge in [-0.3, -0.25) is 4.79 Å². The Labute approximate surface area is 98.7 Å². The molecule has 1 atom stereocenters. The Morgan fingerprint density at radius 3 is 2.50 bits per heavy atom. The average Bonchev–Trinajstić information content (AvgIpc) is 2.36. The fourth-order valence-corrected chi connectivity index (χ4v) is 2.75. The van der Waals surface area contributed by atoms with E-state index in [4.69, 9.17) is 10.5 Å². The van der Waals surface area contributed by atoms with Crippen LogP contribution in [0.4, 0.5) is 0 Å². The summed E-state index contributed by atoms with van der Waals surface area (Å²) >= 11 is 0. The largest absolute Gasteiger partial charge is 0.468 e. The topological polar surface area (TPSA) is 52.3 Å². The van der Waals surface area contributed by atoms with Crippen molar-refractivity contribution in [2.45, 2.75) is 63.8 Å². The highest BCUT2D eigenvalue weighted by molar-refractivity contribution is 5.80. The molecule has 0 amide bonds. The van der Waals surface area contributed by atoms with Crippen molar-refractivity contribution < 1.29 is 9.53 Å². The summed E-state index contributed by atoms with van der Waals surface area (Å²) in [6.07, 6.45) is 8.68. The van der Waals surface area contributed by atoms with Gasteiger partial charge < -0.3 is 10.5 Å². The zero-order valence-corrected chi connectivity index (χ0v) is 10.6. The molecule has 0 aromatic heterocycles. The fraction of sp³-hybridized carbons (Fsp3) is 0.923. The molecule has 3 nitrogen and oxygen atoms in total. The summed E-state index contributed by atoms with van der Waals surface area (Å²) in [5, 5.41) is 0. The molecule has 1 aliphatic rings. The van der Waals surface area contributed by atoms with Crippen LogP contribution < -0.4 is 5.73 Å². The van der Waals surface area contributed by atoms with Gasteiger partial charge in [-0.15, -0.1) is 0 Å². The Bertz CT molecular complexity index is 224. The van der Waals surface area contributed by atoms with Crippen molar-refractivity contribution in [3.05, 3.63) is 0 Å². The molecule has 0 radical (unpaired) electrons. The molecule has 0 aromatic carbocycles. The Balaban J connectivity index is 2.71. The normalized spacial score (nSPS) is 21.4. The molecule has 1 rings (SSSR count). The summed E-state index contributed by atoms with van der Waals surface area (Å²) in [7, 11) is 1.44. The van der Waals surface area contributed by atoms with Crippen LogP contribution in [0.25, 0.3) is 0 Å². The molecule has 1 saturated carbocycles. The maximum atomic E-state index is 11.9. The van der Waals surface area contributed by atoms with Crippen LogP contribution in [0.2, 0.25) is 0 Å². The smallest absolute Gasteiger partial charge is 0.326 e. The second-order valence-electron chi connectivity index (χ2n) is 4.97. The van der Waals surface area contributed by atoms with Gasteiger partial charge in [-0.2, -0.15) is 0 Å². The lowest BCUT2D eigenvalue weighted by molar-refractivity contribution is -0.150. The summed E-state index contributed by atoms with van der Waals surface area (Å²) in [6.45, 7) is 2.12. The zero-order chi connectivity index (χ0) is 12.0. The van der Waals surface area contributed by atoms with Crippen LogP contribution >= 0.6 is 0 Å². The minimum absolute atomic E-state index is 0.215. The van der Waals surface area contributed by atoms with Gasteiger partial charge in [0.15, 0.2) is 0 Å². The van der Waals surface area contributed by atoms with E-state index in [0.717, 1.165) is 32.1 Å². The zero-order valence-electron chi connectivity index (χ0n) is 10.6. The molecule has 0 aromatic rings. The second-order valence-corrected chi connectivity index (χ2v) is 4.97. The highest BCUT2D eigenvalue weighted by Crippen LogP contribution is 2.35.